The zero-order valence-electron chi connectivity index (χ0n) is 10.3. The molecule has 0 rings (SSSR count). The van der Waals surface area contributed by atoms with Gasteiger partial charge in [-0.25, -0.2) is 0 Å². The third-order valence-electron chi connectivity index (χ3n) is 1.59. The summed E-state index contributed by atoms with van der Waals surface area (Å²) in [6.45, 7) is 5.83. The summed E-state index contributed by atoms with van der Waals surface area (Å²) in [7, 11) is -3.09. The van der Waals surface area contributed by atoms with Gasteiger partial charge in [0.15, 0.2) is 0 Å². The molecule has 0 atom stereocenters. The number of hydrogen-bond acceptors (Lipinski definition) is 4. The van der Waals surface area contributed by atoms with Crippen molar-refractivity contribution in [2.24, 2.45) is 5.73 Å². The predicted octanol–water partition coefficient (Wildman–Crippen LogP) is 0.922. The maximum absolute atomic E-state index is 7.85. The standard InChI is InChI=1S/C9H23NO3Si/c1-3-11-14(12-4-2)13-9-7-5-6-8-10/h14H,3-10H2,1-2H3/i14D. The summed E-state index contributed by atoms with van der Waals surface area (Å²) in [5, 5.41) is 0. The second-order valence-corrected chi connectivity index (χ2v) is 4.18. The first kappa shape index (κ1) is 12.1. The molecule has 0 aromatic heterocycles. The topological polar surface area (TPSA) is 53.7 Å². The summed E-state index contributed by atoms with van der Waals surface area (Å²) >= 11 is 0. The van der Waals surface area contributed by atoms with Gasteiger partial charge >= 0.3 is 9.46 Å². The number of hydrogen-bond donors (Lipinski definition) is 1. The molecule has 0 aliphatic rings. The minimum Gasteiger partial charge on any atom is -0.376 e. The summed E-state index contributed by atoms with van der Waals surface area (Å²) in [5.74, 6) is 0. The highest BCUT2D eigenvalue weighted by Crippen LogP contribution is 1.98. The average Bonchev–Trinajstić information content (AvgIpc) is 2.18. The van der Waals surface area contributed by atoms with Crippen molar-refractivity contribution in [3.63, 3.8) is 0 Å². The van der Waals surface area contributed by atoms with Crippen molar-refractivity contribution in [1.82, 2.24) is 0 Å². The van der Waals surface area contributed by atoms with E-state index in [0.717, 1.165) is 19.3 Å². The van der Waals surface area contributed by atoms with Gasteiger partial charge in [0.2, 0.25) is 0 Å². The minimum absolute atomic E-state index is 0.457. The Morgan fingerprint density at radius 3 is 2.21 bits per heavy atom. The van der Waals surface area contributed by atoms with Gasteiger partial charge in [-0.05, 0) is 39.7 Å². The van der Waals surface area contributed by atoms with Crippen molar-refractivity contribution >= 4 is 9.46 Å². The smallest absolute Gasteiger partial charge is 0.376 e. The highest BCUT2D eigenvalue weighted by atomic mass is 28.3. The normalized spacial score (nSPS) is 12.9. The molecule has 0 amide bonds. The lowest BCUT2D eigenvalue weighted by Crippen LogP contribution is -2.27. The summed E-state index contributed by atoms with van der Waals surface area (Å²) in [6.07, 6.45) is 2.93. The maximum atomic E-state index is 7.85. The summed E-state index contributed by atoms with van der Waals surface area (Å²) in [6, 6.07) is 0. The highest BCUT2D eigenvalue weighted by molar-refractivity contribution is 6.36. The lowest BCUT2D eigenvalue weighted by molar-refractivity contribution is 0.100. The maximum Gasteiger partial charge on any atom is 0.484 e. The molecule has 0 aliphatic heterocycles. The van der Waals surface area contributed by atoms with Gasteiger partial charge in [0, 0.05) is 19.8 Å². The van der Waals surface area contributed by atoms with Crippen molar-refractivity contribution in [3.05, 3.63) is 0 Å². The molecule has 0 saturated carbocycles. The van der Waals surface area contributed by atoms with Crippen LogP contribution in [0.25, 0.3) is 0 Å². The molecule has 0 aromatic carbocycles. The molecule has 86 valence electrons. The molecule has 0 heterocycles. The van der Waals surface area contributed by atoms with E-state index < -0.39 is 9.46 Å². The molecule has 14 heavy (non-hydrogen) atoms. The molecule has 0 spiro atoms. The van der Waals surface area contributed by atoms with Crippen LogP contribution in [0.15, 0.2) is 0 Å². The molecule has 0 bridgehead atoms. The third-order valence-corrected chi connectivity index (χ3v) is 3.08. The van der Waals surface area contributed by atoms with Crippen molar-refractivity contribution in [3.8, 4) is 0 Å². The van der Waals surface area contributed by atoms with Crippen LogP contribution in [0.3, 0.4) is 0 Å². The first-order chi connectivity index (χ1) is 7.18. The van der Waals surface area contributed by atoms with E-state index in [1.165, 1.54) is 0 Å². The van der Waals surface area contributed by atoms with Crippen LogP contribution in [0.5, 0.6) is 0 Å². The van der Waals surface area contributed by atoms with Crippen LogP contribution in [0.1, 0.15) is 33.1 Å². The highest BCUT2D eigenvalue weighted by Gasteiger charge is 2.12. The van der Waals surface area contributed by atoms with Gasteiger partial charge in [0.1, 0.15) is 1.23 Å². The van der Waals surface area contributed by atoms with Crippen molar-refractivity contribution in [1.29, 1.82) is 1.23 Å². The monoisotopic (exact) mass is 222 g/mol. The molecule has 0 fully saturated rings. The fourth-order valence-electron chi connectivity index (χ4n) is 0.939. The zero-order chi connectivity index (χ0) is 11.6. The van der Waals surface area contributed by atoms with Crippen LogP contribution >= 0.6 is 0 Å². The van der Waals surface area contributed by atoms with Crippen LogP contribution in [0.2, 0.25) is 0 Å². The molecular weight excluding hydrogens is 198 g/mol. The Balaban J connectivity index is 3.65. The minimum atomic E-state index is -3.09. The van der Waals surface area contributed by atoms with Gasteiger partial charge < -0.3 is 19.0 Å². The number of unbranched alkanes of at least 4 members (excludes halogenated alkanes) is 2. The fraction of sp³-hybridized carbons (Fsp3) is 1.00. The predicted molar refractivity (Wildman–Crippen MR) is 59.3 cm³/mol. The second kappa shape index (κ2) is 11.1. The Kier molecular flexibility index (Phi) is 9.64. The zero-order valence-corrected chi connectivity index (χ0v) is 10.3. The number of rotatable bonds is 10. The molecule has 0 aliphatic carbocycles. The van der Waals surface area contributed by atoms with Gasteiger partial charge in [0.25, 0.3) is 0 Å². The Morgan fingerprint density at radius 1 is 1.07 bits per heavy atom. The van der Waals surface area contributed by atoms with E-state index in [1.54, 1.807) is 0 Å². The Labute approximate surface area is 89.9 Å². The van der Waals surface area contributed by atoms with Crippen molar-refractivity contribution in [2.75, 3.05) is 26.4 Å². The van der Waals surface area contributed by atoms with Gasteiger partial charge in [-0.15, -0.1) is 0 Å². The molecule has 0 saturated heterocycles. The fourth-order valence-corrected chi connectivity index (χ4v) is 1.97. The molecule has 5 heteroatoms. The average molecular weight is 222 g/mol. The quantitative estimate of drug-likeness (QED) is 0.441. The molecule has 2 N–H and O–H groups in total. The molecular formula is C9H23NO3Si. The third kappa shape index (κ3) is 8.65. The van der Waals surface area contributed by atoms with Crippen LogP contribution in [-0.4, -0.2) is 37.1 Å². The van der Waals surface area contributed by atoms with Gasteiger partial charge in [-0.3, -0.25) is 0 Å². The van der Waals surface area contributed by atoms with Crippen molar-refractivity contribution in [2.45, 2.75) is 33.1 Å². The van der Waals surface area contributed by atoms with Crippen LogP contribution in [0.4, 0.5) is 0 Å². The lowest BCUT2D eigenvalue weighted by Gasteiger charge is -2.14. The van der Waals surface area contributed by atoms with E-state index in [1.807, 2.05) is 13.8 Å². The van der Waals surface area contributed by atoms with E-state index in [0.29, 0.717) is 26.4 Å². The Bertz CT molecular complexity index is 145. The first-order valence-electron chi connectivity index (χ1n) is 5.80. The Hall–Kier alpha value is 0.0569. The van der Waals surface area contributed by atoms with E-state index in [2.05, 4.69) is 0 Å². The van der Waals surface area contributed by atoms with Gasteiger partial charge in [-0.1, -0.05) is 0 Å². The molecule has 4 nitrogen and oxygen atoms in total. The second-order valence-electron chi connectivity index (χ2n) is 2.81. The molecule has 0 aromatic rings. The summed E-state index contributed by atoms with van der Waals surface area (Å²) in [5.41, 5.74) is 5.37. The van der Waals surface area contributed by atoms with Gasteiger partial charge in [0.05, 0.1) is 0 Å². The van der Waals surface area contributed by atoms with Crippen LogP contribution < -0.4 is 5.73 Å². The van der Waals surface area contributed by atoms with E-state index in [9.17, 15) is 0 Å². The van der Waals surface area contributed by atoms with Crippen LogP contribution in [0, 0.1) is 0 Å². The van der Waals surface area contributed by atoms with Crippen LogP contribution in [-0.2, 0) is 13.3 Å². The molecule has 0 unspecified atom stereocenters. The van der Waals surface area contributed by atoms with E-state index in [-0.39, 0.29) is 0 Å². The lowest BCUT2D eigenvalue weighted by atomic mass is 10.2. The number of nitrogens with two attached hydrogens (primary N) is 1. The summed E-state index contributed by atoms with van der Waals surface area (Å²) < 4.78 is 23.7. The van der Waals surface area contributed by atoms with E-state index >= 15 is 0 Å². The van der Waals surface area contributed by atoms with Crippen molar-refractivity contribution < 1.29 is 13.3 Å². The van der Waals surface area contributed by atoms with Gasteiger partial charge in [-0.2, -0.15) is 0 Å². The Morgan fingerprint density at radius 2 is 1.71 bits per heavy atom. The SMILES string of the molecule is [2H][Si](OCC)(OCC)OCCCCCN. The molecule has 0 radical (unpaired) electrons. The summed E-state index contributed by atoms with van der Waals surface area (Å²) in [4.78, 5) is 0. The van der Waals surface area contributed by atoms with E-state index in [4.69, 9.17) is 20.2 Å². The largest absolute Gasteiger partial charge is 0.484 e. The first-order valence-corrected chi connectivity index (χ1v) is 6.53.